The van der Waals surface area contributed by atoms with Crippen molar-refractivity contribution in [2.75, 3.05) is 12.0 Å². The minimum absolute atomic E-state index is 0.0296. The first-order valence-corrected chi connectivity index (χ1v) is 6.97. The van der Waals surface area contributed by atoms with Crippen LogP contribution in [-0.2, 0) is 17.5 Å². The Hall–Kier alpha value is -1.77. The van der Waals surface area contributed by atoms with E-state index in [0.29, 0.717) is 5.65 Å². The molecule has 0 fully saturated rings. The van der Waals surface area contributed by atoms with Crippen molar-refractivity contribution in [2.45, 2.75) is 12.7 Å². The van der Waals surface area contributed by atoms with Gasteiger partial charge in [-0.05, 0) is 18.4 Å². The standard InChI is InChI=1S/C11H11F3N4OS/c1-20-6-10(19)15-4-9-17-16-8-3-2-7(5-18(8)9)11(12,13)14/h2-3,5H,4,6H2,1H3,(H,15,19). The largest absolute Gasteiger partial charge is 0.417 e. The lowest BCUT2D eigenvalue weighted by atomic mass is 10.3. The van der Waals surface area contributed by atoms with Crippen LogP contribution in [0.3, 0.4) is 0 Å². The molecule has 108 valence electrons. The van der Waals surface area contributed by atoms with Gasteiger partial charge in [-0.3, -0.25) is 9.20 Å². The van der Waals surface area contributed by atoms with E-state index < -0.39 is 11.7 Å². The molecule has 0 aliphatic heterocycles. The van der Waals surface area contributed by atoms with Crippen molar-refractivity contribution < 1.29 is 18.0 Å². The summed E-state index contributed by atoms with van der Waals surface area (Å²) in [6, 6.07) is 2.18. The Balaban J connectivity index is 2.23. The second kappa shape index (κ2) is 5.70. The highest BCUT2D eigenvalue weighted by Gasteiger charge is 2.31. The first-order chi connectivity index (χ1) is 9.41. The Bertz CT molecular complexity index is 626. The Morgan fingerprint density at radius 2 is 2.15 bits per heavy atom. The van der Waals surface area contributed by atoms with Crippen LogP contribution >= 0.6 is 11.8 Å². The summed E-state index contributed by atoms with van der Waals surface area (Å²) in [7, 11) is 0. The van der Waals surface area contributed by atoms with E-state index >= 15 is 0 Å². The highest BCUT2D eigenvalue weighted by molar-refractivity contribution is 7.99. The maximum Gasteiger partial charge on any atom is 0.417 e. The molecule has 1 amide bonds. The number of aromatic nitrogens is 3. The van der Waals surface area contributed by atoms with E-state index in [1.54, 1.807) is 6.26 Å². The Kier molecular flexibility index (Phi) is 4.17. The van der Waals surface area contributed by atoms with E-state index in [4.69, 9.17) is 0 Å². The molecule has 0 aliphatic rings. The number of amides is 1. The number of carbonyl (C=O) groups excluding carboxylic acids is 1. The summed E-state index contributed by atoms with van der Waals surface area (Å²) in [6.45, 7) is 0.0296. The number of hydrogen-bond acceptors (Lipinski definition) is 4. The van der Waals surface area contributed by atoms with E-state index in [-0.39, 0.29) is 24.0 Å². The van der Waals surface area contributed by atoms with Gasteiger partial charge in [0.05, 0.1) is 17.9 Å². The molecule has 0 spiro atoms. The van der Waals surface area contributed by atoms with Crippen LogP contribution in [0, 0.1) is 0 Å². The SMILES string of the molecule is CSCC(=O)NCc1nnc2ccc(C(F)(F)F)cn12. The zero-order valence-corrected chi connectivity index (χ0v) is 11.3. The fourth-order valence-electron chi connectivity index (χ4n) is 1.59. The highest BCUT2D eigenvalue weighted by atomic mass is 32.2. The predicted molar refractivity (Wildman–Crippen MR) is 68.2 cm³/mol. The van der Waals surface area contributed by atoms with Crippen molar-refractivity contribution in [1.29, 1.82) is 0 Å². The molecular weight excluding hydrogens is 293 g/mol. The summed E-state index contributed by atoms with van der Waals surface area (Å²) in [5.74, 6) is 0.326. The summed E-state index contributed by atoms with van der Waals surface area (Å²) >= 11 is 1.35. The lowest BCUT2D eigenvalue weighted by Crippen LogP contribution is -2.25. The van der Waals surface area contributed by atoms with Crippen molar-refractivity contribution in [3.05, 3.63) is 29.7 Å². The lowest BCUT2D eigenvalue weighted by Gasteiger charge is -2.07. The summed E-state index contributed by atoms with van der Waals surface area (Å²) in [5.41, 5.74) is -0.492. The Morgan fingerprint density at radius 1 is 1.40 bits per heavy atom. The zero-order chi connectivity index (χ0) is 14.8. The molecule has 0 bridgehead atoms. The molecule has 2 aromatic heterocycles. The van der Waals surface area contributed by atoms with Gasteiger partial charge in [0, 0.05) is 6.20 Å². The number of nitrogens with one attached hydrogen (secondary N) is 1. The molecule has 0 aliphatic carbocycles. The number of hydrogen-bond donors (Lipinski definition) is 1. The van der Waals surface area contributed by atoms with Gasteiger partial charge in [0.1, 0.15) is 0 Å². The van der Waals surface area contributed by atoms with Gasteiger partial charge in [-0.1, -0.05) is 0 Å². The van der Waals surface area contributed by atoms with Crippen LogP contribution in [0.15, 0.2) is 18.3 Å². The third-order valence-electron chi connectivity index (χ3n) is 2.52. The predicted octanol–water partition coefficient (Wildman–Crippen LogP) is 1.73. The molecule has 9 heteroatoms. The number of halogens is 3. The van der Waals surface area contributed by atoms with Gasteiger partial charge in [-0.15, -0.1) is 10.2 Å². The topological polar surface area (TPSA) is 59.3 Å². The first kappa shape index (κ1) is 14.6. The van der Waals surface area contributed by atoms with Crippen molar-refractivity contribution >= 4 is 23.3 Å². The number of fused-ring (bicyclic) bond motifs is 1. The first-order valence-electron chi connectivity index (χ1n) is 5.58. The molecule has 5 nitrogen and oxygen atoms in total. The average Bonchev–Trinajstić information content (AvgIpc) is 2.78. The van der Waals surface area contributed by atoms with Gasteiger partial charge in [-0.2, -0.15) is 24.9 Å². The molecule has 0 saturated carbocycles. The minimum atomic E-state index is -4.43. The smallest absolute Gasteiger partial charge is 0.348 e. The van der Waals surface area contributed by atoms with Crippen molar-refractivity contribution in [1.82, 2.24) is 19.9 Å². The van der Waals surface area contributed by atoms with Crippen LogP contribution < -0.4 is 5.32 Å². The second-order valence-electron chi connectivity index (χ2n) is 3.97. The van der Waals surface area contributed by atoms with Crippen LogP contribution in [0.2, 0.25) is 0 Å². The highest BCUT2D eigenvalue weighted by Crippen LogP contribution is 2.29. The van der Waals surface area contributed by atoms with E-state index in [9.17, 15) is 18.0 Å². The molecule has 2 rings (SSSR count). The van der Waals surface area contributed by atoms with E-state index in [1.165, 1.54) is 22.2 Å². The Labute approximate surface area is 116 Å². The Morgan fingerprint density at radius 3 is 2.80 bits per heavy atom. The second-order valence-corrected chi connectivity index (χ2v) is 4.84. The number of alkyl halides is 3. The number of pyridine rings is 1. The van der Waals surface area contributed by atoms with Crippen LogP contribution in [0.1, 0.15) is 11.4 Å². The molecule has 20 heavy (non-hydrogen) atoms. The fourth-order valence-corrected chi connectivity index (χ4v) is 1.95. The van der Waals surface area contributed by atoms with Gasteiger partial charge < -0.3 is 5.32 Å². The van der Waals surface area contributed by atoms with Gasteiger partial charge in [0.25, 0.3) is 0 Å². The quantitative estimate of drug-likeness (QED) is 0.934. The van der Waals surface area contributed by atoms with E-state index in [1.807, 2.05) is 0 Å². The summed E-state index contributed by atoms with van der Waals surface area (Å²) < 4.78 is 39.1. The normalized spacial score (nSPS) is 11.8. The average molecular weight is 304 g/mol. The molecule has 2 heterocycles. The number of nitrogens with zero attached hydrogens (tertiary/aromatic N) is 3. The summed E-state index contributed by atoms with van der Waals surface area (Å²) in [6.07, 6.45) is -1.73. The monoisotopic (exact) mass is 304 g/mol. The molecule has 0 aromatic carbocycles. The van der Waals surface area contributed by atoms with Crippen LogP contribution in [0.5, 0.6) is 0 Å². The van der Waals surface area contributed by atoms with Gasteiger partial charge in [0.2, 0.25) is 5.91 Å². The van der Waals surface area contributed by atoms with Gasteiger partial charge in [-0.25, -0.2) is 0 Å². The minimum Gasteiger partial charge on any atom is -0.348 e. The van der Waals surface area contributed by atoms with Crippen LogP contribution in [0.25, 0.3) is 5.65 Å². The fraction of sp³-hybridized carbons (Fsp3) is 0.364. The third-order valence-corrected chi connectivity index (χ3v) is 3.07. The van der Waals surface area contributed by atoms with Crippen LogP contribution in [-0.4, -0.2) is 32.5 Å². The maximum atomic E-state index is 12.6. The molecule has 0 saturated heterocycles. The van der Waals surface area contributed by atoms with E-state index in [2.05, 4.69) is 15.5 Å². The molecule has 0 unspecified atom stereocenters. The van der Waals surface area contributed by atoms with Crippen molar-refractivity contribution in [2.24, 2.45) is 0 Å². The number of rotatable bonds is 4. The van der Waals surface area contributed by atoms with Crippen molar-refractivity contribution in [3.63, 3.8) is 0 Å². The molecular formula is C11H11F3N4OS. The molecule has 1 N–H and O–H groups in total. The van der Waals surface area contributed by atoms with Gasteiger partial charge in [0.15, 0.2) is 11.5 Å². The van der Waals surface area contributed by atoms with Crippen molar-refractivity contribution in [3.8, 4) is 0 Å². The number of thioether (sulfide) groups is 1. The zero-order valence-electron chi connectivity index (χ0n) is 10.4. The third kappa shape index (κ3) is 3.21. The molecule has 0 radical (unpaired) electrons. The number of carbonyl (C=O) groups is 1. The summed E-state index contributed by atoms with van der Waals surface area (Å²) in [5, 5.41) is 10.1. The van der Waals surface area contributed by atoms with E-state index in [0.717, 1.165) is 12.3 Å². The maximum absolute atomic E-state index is 12.6. The molecule has 2 aromatic rings. The van der Waals surface area contributed by atoms with Crippen LogP contribution in [0.4, 0.5) is 13.2 Å². The summed E-state index contributed by atoms with van der Waals surface area (Å²) in [4.78, 5) is 11.3. The lowest BCUT2D eigenvalue weighted by molar-refractivity contribution is -0.137. The molecule has 0 atom stereocenters. The van der Waals surface area contributed by atoms with Gasteiger partial charge >= 0.3 is 6.18 Å².